The number of guanidine groups is 1. The number of hydrogen-bond acceptors (Lipinski definition) is 2. The molecule has 2 fully saturated rings. The van der Waals surface area contributed by atoms with Crippen LogP contribution in [0.2, 0.25) is 0 Å². The molecular weight excluding hydrogens is 495 g/mol. The third-order valence-corrected chi connectivity index (χ3v) is 6.64. The molecule has 2 saturated heterocycles. The Morgan fingerprint density at radius 2 is 1.58 bits per heavy atom. The second-order valence-corrected chi connectivity index (χ2v) is 8.91. The molecule has 168 valence electrons. The lowest BCUT2D eigenvalue weighted by atomic mass is 9.99. The van der Waals surface area contributed by atoms with Gasteiger partial charge in [0.1, 0.15) is 0 Å². The number of likely N-dealkylation sites (tertiary alicyclic amines) is 2. The Labute approximate surface area is 205 Å². The largest absolute Gasteiger partial charge is 0.356 e. The van der Waals surface area contributed by atoms with Gasteiger partial charge in [0.05, 0.1) is 0 Å². The molecule has 2 heterocycles. The first kappa shape index (κ1) is 24.1. The molecule has 0 amide bonds. The standard InChI is InChI=1S/C26H36N4.HI/c1-27-26(30-17-14-24(21-30)18-23-10-6-3-7-11-23)28-19-25-13-16-29(20-25)15-12-22-8-4-2-5-9-22;/h2-11,24-25H,12-21H2,1H3,(H,27,28);1H. The van der Waals surface area contributed by atoms with Crippen LogP contribution in [0.5, 0.6) is 0 Å². The van der Waals surface area contributed by atoms with Gasteiger partial charge in [-0.25, -0.2) is 0 Å². The normalized spacial score (nSPS) is 21.8. The van der Waals surface area contributed by atoms with Crippen molar-refractivity contribution in [2.75, 3.05) is 46.3 Å². The molecule has 0 aliphatic carbocycles. The van der Waals surface area contributed by atoms with E-state index >= 15 is 0 Å². The summed E-state index contributed by atoms with van der Waals surface area (Å²) in [6.07, 6.45) is 4.87. The van der Waals surface area contributed by atoms with Crippen LogP contribution in [-0.4, -0.2) is 62.1 Å². The Morgan fingerprint density at radius 1 is 0.903 bits per heavy atom. The fourth-order valence-corrected chi connectivity index (χ4v) is 4.92. The van der Waals surface area contributed by atoms with E-state index < -0.39 is 0 Å². The maximum Gasteiger partial charge on any atom is 0.193 e. The highest BCUT2D eigenvalue weighted by atomic mass is 127. The Bertz CT molecular complexity index is 796. The van der Waals surface area contributed by atoms with Gasteiger partial charge in [-0.3, -0.25) is 4.99 Å². The molecule has 31 heavy (non-hydrogen) atoms. The average molecular weight is 533 g/mol. The minimum Gasteiger partial charge on any atom is -0.356 e. The van der Waals surface area contributed by atoms with E-state index in [9.17, 15) is 0 Å². The molecule has 2 aliphatic heterocycles. The fraction of sp³-hybridized carbons (Fsp3) is 0.500. The highest BCUT2D eigenvalue weighted by Gasteiger charge is 2.27. The quantitative estimate of drug-likeness (QED) is 0.328. The van der Waals surface area contributed by atoms with Gasteiger partial charge in [0.15, 0.2) is 5.96 Å². The fourth-order valence-electron chi connectivity index (χ4n) is 4.92. The maximum atomic E-state index is 4.59. The number of nitrogens with zero attached hydrogens (tertiary/aromatic N) is 3. The van der Waals surface area contributed by atoms with Crippen molar-refractivity contribution in [3.63, 3.8) is 0 Å². The van der Waals surface area contributed by atoms with Gasteiger partial charge in [-0.05, 0) is 55.2 Å². The van der Waals surface area contributed by atoms with Gasteiger partial charge < -0.3 is 15.1 Å². The van der Waals surface area contributed by atoms with Crippen molar-refractivity contribution in [1.29, 1.82) is 0 Å². The predicted octanol–water partition coefficient (Wildman–Crippen LogP) is 4.31. The van der Waals surface area contributed by atoms with Crippen molar-refractivity contribution in [3.8, 4) is 0 Å². The van der Waals surface area contributed by atoms with Crippen molar-refractivity contribution in [2.24, 2.45) is 16.8 Å². The summed E-state index contributed by atoms with van der Waals surface area (Å²) in [5.74, 6) is 2.54. The summed E-state index contributed by atoms with van der Waals surface area (Å²) in [4.78, 5) is 9.66. The first-order valence-corrected chi connectivity index (χ1v) is 11.6. The van der Waals surface area contributed by atoms with Gasteiger partial charge in [0, 0.05) is 39.8 Å². The van der Waals surface area contributed by atoms with E-state index in [0.717, 1.165) is 43.9 Å². The van der Waals surface area contributed by atoms with Crippen molar-refractivity contribution in [1.82, 2.24) is 15.1 Å². The summed E-state index contributed by atoms with van der Waals surface area (Å²) in [5.41, 5.74) is 2.90. The minimum absolute atomic E-state index is 0. The van der Waals surface area contributed by atoms with Gasteiger partial charge in [-0.2, -0.15) is 0 Å². The number of hydrogen-bond donors (Lipinski definition) is 1. The summed E-state index contributed by atoms with van der Waals surface area (Å²) in [7, 11) is 1.92. The third kappa shape index (κ3) is 7.21. The molecule has 0 aromatic heterocycles. The van der Waals surface area contributed by atoms with Gasteiger partial charge in [-0.15, -0.1) is 24.0 Å². The summed E-state index contributed by atoms with van der Waals surface area (Å²) >= 11 is 0. The molecule has 2 aromatic carbocycles. The zero-order valence-corrected chi connectivity index (χ0v) is 21.1. The molecule has 2 aliphatic rings. The molecule has 2 aromatic rings. The first-order chi connectivity index (χ1) is 14.8. The molecule has 2 atom stereocenters. The SMILES string of the molecule is CN=C(NCC1CCN(CCc2ccccc2)C1)N1CCC(Cc2ccccc2)C1.I. The Kier molecular flexibility index (Phi) is 9.65. The van der Waals surface area contributed by atoms with Crippen LogP contribution in [0.25, 0.3) is 0 Å². The molecule has 0 spiro atoms. The molecule has 0 saturated carbocycles. The minimum atomic E-state index is 0. The summed E-state index contributed by atoms with van der Waals surface area (Å²) in [6.45, 7) is 6.86. The topological polar surface area (TPSA) is 30.9 Å². The van der Waals surface area contributed by atoms with E-state index in [-0.39, 0.29) is 24.0 Å². The molecular formula is C26H37IN4. The monoisotopic (exact) mass is 532 g/mol. The lowest BCUT2D eigenvalue weighted by Gasteiger charge is -2.23. The second kappa shape index (κ2) is 12.4. The first-order valence-electron chi connectivity index (χ1n) is 11.6. The number of aliphatic imine (C=N–C) groups is 1. The van der Waals surface area contributed by atoms with E-state index in [1.54, 1.807) is 0 Å². The lowest BCUT2D eigenvalue weighted by molar-refractivity contribution is 0.327. The van der Waals surface area contributed by atoms with Crippen molar-refractivity contribution in [2.45, 2.75) is 25.7 Å². The van der Waals surface area contributed by atoms with E-state index in [4.69, 9.17) is 0 Å². The van der Waals surface area contributed by atoms with Gasteiger partial charge in [0.2, 0.25) is 0 Å². The van der Waals surface area contributed by atoms with Crippen molar-refractivity contribution >= 4 is 29.9 Å². The van der Waals surface area contributed by atoms with Crippen LogP contribution in [0.4, 0.5) is 0 Å². The molecule has 1 N–H and O–H groups in total. The van der Waals surface area contributed by atoms with Crippen LogP contribution in [0.3, 0.4) is 0 Å². The van der Waals surface area contributed by atoms with Crippen molar-refractivity contribution in [3.05, 3.63) is 71.8 Å². The van der Waals surface area contributed by atoms with E-state index in [0.29, 0.717) is 0 Å². The molecule has 4 rings (SSSR count). The summed E-state index contributed by atoms with van der Waals surface area (Å²) in [5, 5.41) is 3.68. The highest BCUT2D eigenvalue weighted by Crippen LogP contribution is 2.21. The van der Waals surface area contributed by atoms with Crippen LogP contribution >= 0.6 is 24.0 Å². The zero-order chi connectivity index (χ0) is 20.6. The summed E-state index contributed by atoms with van der Waals surface area (Å²) < 4.78 is 0. The average Bonchev–Trinajstić information content (AvgIpc) is 3.44. The predicted molar refractivity (Wildman–Crippen MR) is 141 cm³/mol. The van der Waals surface area contributed by atoms with Crippen LogP contribution < -0.4 is 5.32 Å². The highest BCUT2D eigenvalue weighted by molar-refractivity contribution is 14.0. The Hall–Kier alpha value is -1.60. The third-order valence-electron chi connectivity index (χ3n) is 6.64. The van der Waals surface area contributed by atoms with Crippen LogP contribution in [0.1, 0.15) is 24.0 Å². The smallest absolute Gasteiger partial charge is 0.193 e. The number of halogens is 1. The van der Waals surface area contributed by atoms with Crippen LogP contribution in [-0.2, 0) is 12.8 Å². The molecule has 5 heteroatoms. The van der Waals surface area contributed by atoms with Gasteiger partial charge in [-0.1, -0.05) is 60.7 Å². The molecule has 2 unspecified atom stereocenters. The molecule has 4 nitrogen and oxygen atoms in total. The Balaban J connectivity index is 0.00000272. The van der Waals surface area contributed by atoms with E-state index in [2.05, 4.69) is 80.8 Å². The van der Waals surface area contributed by atoms with Crippen LogP contribution in [0, 0.1) is 11.8 Å². The Morgan fingerprint density at radius 3 is 2.29 bits per heavy atom. The van der Waals surface area contributed by atoms with E-state index in [1.165, 1.54) is 50.0 Å². The maximum absolute atomic E-state index is 4.59. The van der Waals surface area contributed by atoms with E-state index in [1.807, 2.05) is 7.05 Å². The second-order valence-electron chi connectivity index (χ2n) is 8.91. The zero-order valence-electron chi connectivity index (χ0n) is 18.7. The van der Waals surface area contributed by atoms with Gasteiger partial charge >= 0.3 is 0 Å². The van der Waals surface area contributed by atoms with Gasteiger partial charge in [0.25, 0.3) is 0 Å². The lowest BCUT2D eigenvalue weighted by Crippen LogP contribution is -2.42. The molecule has 0 bridgehead atoms. The number of nitrogens with one attached hydrogen (secondary N) is 1. The summed E-state index contributed by atoms with van der Waals surface area (Å²) in [6, 6.07) is 21.7. The number of benzene rings is 2. The van der Waals surface area contributed by atoms with Crippen LogP contribution in [0.15, 0.2) is 65.7 Å². The molecule has 0 radical (unpaired) electrons. The number of rotatable bonds is 7. The van der Waals surface area contributed by atoms with Crippen molar-refractivity contribution < 1.29 is 0 Å².